The number of carbonyl (C=O) groups is 1. The molecule has 1 aromatic carbocycles. The predicted octanol–water partition coefficient (Wildman–Crippen LogP) is 2.01. The summed E-state index contributed by atoms with van der Waals surface area (Å²) in [5.41, 5.74) is 1.73. The topological polar surface area (TPSA) is 86.0 Å². The van der Waals surface area contributed by atoms with E-state index in [1.807, 2.05) is 43.3 Å². The molecule has 0 bridgehead atoms. The van der Waals surface area contributed by atoms with Crippen molar-refractivity contribution in [1.29, 1.82) is 0 Å². The zero-order chi connectivity index (χ0) is 18.9. The van der Waals surface area contributed by atoms with Crippen molar-refractivity contribution in [2.75, 3.05) is 44.6 Å². The van der Waals surface area contributed by atoms with Crippen molar-refractivity contribution in [3.8, 4) is 0 Å². The molecule has 1 aliphatic heterocycles. The number of aliphatic imine (C=N–C) groups is 1. The van der Waals surface area contributed by atoms with Crippen molar-refractivity contribution in [2.45, 2.75) is 13.5 Å². The molecule has 0 saturated carbocycles. The van der Waals surface area contributed by atoms with E-state index in [4.69, 9.17) is 4.52 Å². The average molecular weight is 498 g/mol. The highest BCUT2D eigenvalue weighted by Gasteiger charge is 2.20. The molecular formula is C19H27IN6O2. The van der Waals surface area contributed by atoms with Crippen LogP contribution in [0.2, 0.25) is 0 Å². The summed E-state index contributed by atoms with van der Waals surface area (Å²) in [7, 11) is 0. The highest BCUT2D eigenvalue weighted by Crippen LogP contribution is 2.08. The third-order valence-electron chi connectivity index (χ3n) is 4.31. The number of para-hydroxylation sites is 1. The number of nitrogens with zero attached hydrogens (tertiary/aromatic N) is 4. The van der Waals surface area contributed by atoms with Gasteiger partial charge in [0.2, 0.25) is 5.91 Å². The first kappa shape index (κ1) is 22.2. The summed E-state index contributed by atoms with van der Waals surface area (Å²) in [6.45, 7) is 7.20. The standard InChI is InChI=1S/C19H26N6O2.HI/c1-2-20-19(21-14-18(26)22-16-6-4-3-5-7-16)25-11-9-24(10-12-25)15-17-8-13-27-23-17;/h3-8,13H,2,9-12,14-15H2,1H3,(H,20,21)(H,22,26);1H. The summed E-state index contributed by atoms with van der Waals surface area (Å²) in [5.74, 6) is 0.656. The second-order valence-electron chi connectivity index (χ2n) is 6.34. The van der Waals surface area contributed by atoms with E-state index >= 15 is 0 Å². The van der Waals surface area contributed by atoms with Gasteiger partial charge in [-0.3, -0.25) is 9.69 Å². The summed E-state index contributed by atoms with van der Waals surface area (Å²) in [6, 6.07) is 11.3. The van der Waals surface area contributed by atoms with Crippen LogP contribution in [0.25, 0.3) is 0 Å². The molecular weight excluding hydrogens is 471 g/mol. The van der Waals surface area contributed by atoms with Gasteiger partial charge in [-0.25, -0.2) is 4.99 Å². The smallest absolute Gasteiger partial charge is 0.246 e. The molecule has 1 aromatic heterocycles. The molecule has 1 amide bonds. The highest BCUT2D eigenvalue weighted by atomic mass is 127. The van der Waals surface area contributed by atoms with Crippen molar-refractivity contribution in [3.63, 3.8) is 0 Å². The SMILES string of the molecule is CCNC(=NCC(=O)Nc1ccccc1)N1CCN(Cc2ccon2)CC1.I. The first-order valence-corrected chi connectivity index (χ1v) is 9.24. The van der Waals surface area contributed by atoms with Gasteiger partial charge >= 0.3 is 0 Å². The molecule has 0 atom stereocenters. The number of guanidine groups is 1. The lowest BCUT2D eigenvalue weighted by atomic mass is 10.3. The molecule has 152 valence electrons. The number of nitrogens with one attached hydrogen (secondary N) is 2. The molecule has 0 unspecified atom stereocenters. The van der Waals surface area contributed by atoms with Gasteiger partial charge in [0.1, 0.15) is 12.8 Å². The third-order valence-corrected chi connectivity index (χ3v) is 4.31. The Kier molecular flexibility index (Phi) is 9.21. The number of hydrogen-bond acceptors (Lipinski definition) is 5. The average Bonchev–Trinajstić information content (AvgIpc) is 3.20. The minimum Gasteiger partial charge on any atom is -0.364 e. The molecule has 28 heavy (non-hydrogen) atoms. The van der Waals surface area contributed by atoms with Gasteiger partial charge in [0, 0.05) is 51.0 Å². The van der Waals surface area contributed by atoms with Crippen LogP contribution in [-0.2, 0) is 11.3 Å². The Balaban J connectivity index is 0.00000280. The molecule has 1 saturated heterocycles. The van der Waals surface area contributed by atoms with Crippen LogP contribution in [0.5, 0.6) is 0 Å². The molecule has 2 N–H and O–H groups in total. The lowest BCUT2D eigenvalue weighted by Gasteiger charge is -2.36. The van der Waals surface area contributed by atoms with Crippen LogP contribution in [0.1, 0.15) is 12.6 Å². The molecule has 1 aliphatic rings. The van der Waals surface area contributed by atoms with Crippen LogP contribution in [-0.4, -0.2) is 66.1 Å². The van der Waals surface area contributed by atoms with Gasteiger partial charge in [0.25, 0.3) is 0 Å². The highest BCUT2D eigenvalue weighted by molar-refractivity contribution is 14.0. The quantitative estimate of drug-likeness (QED) is 0.360. The Morgan fingerprint density at radius 2 is 1.93 bits per heavy atom. The number of hydrogen-bond donors (Lipinski definition) is 2. The summed E-state index contributed by atoms with van der Waals surface area (Å²) in [4.78, 5) is 21.2. The zero-order valence-electron chi connectivity index (χ0n) is 16.0. The van der Waals surface area contributed by atoms with Crippen LogP contribution in [0.3, 0.4) is 0 Å². The number of rotatable bonds is 6. The van der Waals surface area contributed by atoms with Crippen molar-refractivity contribution < 1.29 is 9.32 Å². The second kappa shape index (κ2) is 11.6. The van der Waals surface area contributed by atoms with Crippen LogP contribution >= 0.6 is 24.0 Å². The number of amides is 1. The van der Waals surface area contributed by atoms with Gasteiger partial charge in [-0.2, -0.15) is 0 Å². The molecule has 9 heteroatoms. The molecule has 8 nitrogen and oxygen atoms in total. The lowest BCUT2D eigenvalue weighted by Crippen LogP contribution is -2.52. The number of halogens is 1. The minimum atomic E-state index is -0.124. The Morgan fingerprint density at radius 3 is 2.57 bits per heavy atom. The number of carbonyl (C=O) groups excluding carboxylic acids is 1. The molecule has 3 rings (SSSR count). The maximum absolute atomic E-state index is 12.1. The Bertz CT molecular complexity index is 730. The van der Waals surface area contributed by atoms with Gasteiger partial charge in [-0.15, -0.1) is 24.0 Å². The number of aromatic nitrogens is 1. The summed E-state index contributed by atoms with van der Waals surface area (Å²) in [5, 5.41) is 10.1. The fourth-order valence-corrected chi connectivity index (χ4v) is 2.96. The maximum atomic E-state index is 12.1. The van der Waals surface area contributed by atoms with Crippen LogP contribution in [0.15, 0.2) is 52.2 Å². The van der Waals surface area contributed by atoms with E-state index in [2.05, 4.69) is 30.6 Å². The van der Waals surface area contributed by atoms with Gasteiger partial charge in [-0.1, -0.05) is 23.4 Å². The Labute approximate surface area is 182 Å². The van der Waals surface area contributed by atoms with Gasteiger partial charge in [0.15, 0.2) is 5.96 Å². The second-order valence-corrected chi connectivity index (χ2v) is 6.34. The molecule has 2 aromatic rings. The largest absolute Gasteiger partial charge is 0.364 e. The van der Waals surface area contributed by atoms with Crippen molar-refractivity contribution in [1.82, 2.24) is 20.3 Å². The monoisotopic (exact) mass is 498 g/mol. The molecule has 1 fully saturated rings. The Morgan fingerprint density at radius 1 is 1.18 bits per heavy atom. The first-order valence-electron chi connectivity index (χ1n) is 9.24. The third kappa shape index (κ3) is 6.79. The van der Waals surface area contributed by atoms with Gasteiger partial charge < -0.3 is 20.1 Å². The van der Waals surface area contributed by atoms with E-state index in [9.17, 15) is 4.79 Å². The Hall–Kier alpha value is -2.14. The fourth-order valence-electron chi connectivity index (χ4n) is 2.96. The molecule has 2 heterocycles. The van der Waals surface area contributed by atoms with Gasteiger partial charge in [0.05, 0.1) is 5.69 Å². The summed E-state index contributed by atoms with van der Waals surface area (Å²) in [6.07, 6.45) is 1.60. The summed E-state index contributed by atoms with van der Waals surface area (Å²) >= 11 is 0. The van der Waals surface area contributed by atoms with E-state index in [1.54, 1.807) is 6.26 Å². The molecule has 0 radical (unpaired) electrons. The van der Waals surface area contributed by atoms with E-state index in [1.165, 1.54) is 0 Å². The number of anilines is 1. The van der Waals surface area contributed by atoms with Crippen molar-refractivity contribution in [3.05, 3.63) is 48.4 Å². The van der Waals surface area contributed by atoms with Crippen LogP contribution in [0.4, 0.5) is 5.69 Å². The van der Waals surface area contributed by atoms with Crippen LogP contribution in [0, 0.1) is 0 Å². The van der Waals surface area contributed by atoms with Gasteiger partial charge in [-0.05, 0) is 19.1 Å². The van der Waals surface area contributed by atoms with E-state index < -0.39 is 0 Å². The van der Waals surface area contributed by atoms with E-state index in [0.717, 1.165) is 56.6 Å². The predicted molar refractivity (Wildman–Crippen MR) is 120 cm³/mol. The number of benzene rings is 1. The normalized spacial score (nSPS) is 15.0. The molecule has 0 aliphatic carbocycles. The molecule has 0 spiro atoms. The van der Waals surface area contributed by atoms with E-state index in [-0.39, 0.29) is 36.4 Å². The first-order chi connectivity index (χ1) is 13.2. The fraction of sp³-hybridized carbons (Fsp3) is 0.421. The maximum Gasteiger partial charge on any atom is 0.246 e. The lowest BCUT2D eigenvalue weighted by molar-refractivity contribution is -0.114. The minimum absolute atomic E-state index is 0. The van der Waals surface area contributed by atoms with Crippen molar-refractivity contribution in [2.24, 2.45) is 4.99 Å². The number of piperazine rings is 1. The van der Waals surface area contributed by atoms with Crippen LogP contribution < -0.4 is 10.6 Å². The van der Waals surface area contributed by atoms with Crippen molar-refractivity contribution >= 4 is 41.5 Å². The summed E-state index contributed by atoms with van der Waals surface area (Å²) < 4.78 is 4.89. The zero-order valence-corrected chi connectivity index (χ0v) is 18.3. The van der Waals surface area contributed by atoms with E-state index in [0.29, 0.717) is 0 Å².